The molecule has 21 heavy (non-hydrogen) atoms. The van der Waals surface area contributed by atoms with Gasteiger partial charge in [-0.3, -0.25) is 0 Å². The third-order valence-electron chi connectivity index (χ3n) is 2.78. The number of aryl methyl sites for hydroxylation is 1. The summed E-state index contributed by atoms with van der Waals surface area (Å²) >= 11 is 3.30. The maximum Gasteiger partial charge on any atom is 0.242 e. The van der Waals surface area contributed by atoms with Gasteiger partial charge in [0, 0.05) is 17.1 Å². The van der Waals surface area contributed by atoms with Gasteiger partial charge >= 0.3 is 0 Å². The van der Waals surface area contributed by atoms with Crippen molar-refractivity contribution in [3.05, 3.63) is 45.8 Å². The topological polar surface area (TPSA) is 84.2 Å². The molecule has 0 saturated heterocycles. The Kier molecular flexibility index (Phi) is 5.15. The maximum absolute atomic E-state index is 12.3. The lowest BCUT2D eigenvalue weighted by Crippen LogP contribution is -2.23. The highest BCUT2D eigenvalue weighted by atomic mass is 79.9. The molecule has 114 valence electrons. The predicted octanol–water partition coefficient (Wildman–Crippen LogP) is 1.94. The molecule has 0 spiro atoms. The zero-order chi connectivity index (χ0) is 15.5. The van der Waals surface area contributed by atoms with Crippen LogP contribution >= 0.6 is 15.9 Å². The number of aromatic nitrogens is 1. The van der Waals surface area contributed by atoms with Crippen LogP contribution in [0.1, 0.15) is 17.0 Å². The van der Waals surface area contributed by atoms with Crippen molar-refractivity contribution in [3.63, 3.8) is 0 Å². The van der Waals surface area contributed by atoms with E-state index >= 15 is 0 Å². The summed E-state index contributed by atoms with van der Waals surface area (Å²) in [6.45, 7) is 2.51. The summed E-state index contributed by atoms with van der Waals surface area (Å²) in [4.78, 5) is 0.193. The highest BCUT2D eigenvalue weighted by Crippen LogP contribution is 2.23. The van der Waals surface area contributed by atoms with E-state index in [4.69, 9.17) is 4.52 Å². The molecule has 0 saturated carbocycles. The molecule has 0 bridgehead atoms. The van der Waals surface area contributed by atoms with Gasteiger partial charge in [-0.2, -0.15) is 0 Å². The normalized spacial score (nSPS) is 11.8. The van der Waals surface area contributed by atoms with E-state index in [-0.39, 0.29) is 11.4 Å². The Labute approximate surface area is 132 Å². The van der Waals surface area contributed by atoms with E-state index in [0.717, 1.165) is 5.56 Å². The Balaban J connectivity index is 2.15. The number of hydrogen-bond acceptors (Lipinski definition) is 5. The molecule has 0 aliphatic rings. The largest absolute Gasteiger partial charge is 0.360 e. The Bertz CT molecular complexity index is 728. The van der Waals surface area contributed by atoms with Crippen LogP contribution in [-0.2, 0) is 23.1 Å². The molecule has 2 aromatic rings. The van der Waals surface area contributed by atoms with Crippen molar-refractivity contribution < 1.29 is 12.9 Å². The van der Waals surface area contributed by atoms with Gasteiger partial charge in [-0.25, -0.2) is 13.1 Å². The second-order valence-electron chi connectivity index (χ2n) is 4.55. The van der Waals surface area contributed by atoms with E-state index in [0.29, 0.717) is 22.5 Å². The van der Waals surface area contributed by atoms with Gasteiger partial charge in [0.1, 0.15) is 0 Å². The van der Waals surface area contributed by atoms with Gasteiger partial charge in [0.15, 0.2) is 5.76 Å². The number of nitrogens with zero attached hydrogens (tertiary/aromatic N) is 1. The zero-order valence-electron chi connectivity index (χ0n) is 11.7. The monoisotopic (exact) mass is 373 g/mol. The number of hydrogen-bond donors (Lipinski definition) is 2. The summed E-state index contributed by atoms with van der Waals surface area (Å²) in [5.41, 5.74) is 1.70. The third kappa shape index (κ3) is 4.13. The number of nitrogens with one attached hydrogen (secondary N) is 2. The van der Waals surface area contributed by atoms with Crippen LogP contribution in [0.25, 0.3) is 0 Å². The highest BCUT2D eigenvalue weighted by molar-refractivity contribution is 9.10. The first-order chi connectivity index (χ1) is 9.92. The summed E-state index contributed by atoms with van der Waals surface area (Å²) in [5.74, 6) is 0.471. The molecule has 0 fully saturated rings. The lowest BCUT2D eigenvalue weighted by atomic mass is 10.2. The van der Waals surface area contributed by atoms with E-state index in [9.17, 15) is 8.42 Å². The standard InChI is InChI=1S/C13H16BrN3O3S/c1-9-5-11(20-17-9)8-16-21(18,19)13-4-3-10(7-15-2)6-12(13)14/h3-6,15-16H,7-8H2,1-2H3. The molecule has 0 aliphatic heterocycles. The van der Waals surface area contributed by atoms with Gasteiger partial charge in [-0.15, -0.1) is 0 Å². The molecule has 1 aromatic carbocycles. The van der Waals surface area contributed by atoms with Crippen molar-refractivity contribution in [2.45, 2.75) is 24.9 Å². The third-order valence-corrected chi connectivity index (χ3v) is 5.16. The molecule has 8 heteroatoms. The summed E-state index contributed by atoms with van der Waals surface area (Å²) in [6.07, 6.45) is 0. The average Bonchev–Trinajstić information content (AvgIpc) is 2.83. The number of halogens is 1. The van der Waals surface area contributed by atoms with Crippen LogP contribution in [0.2, 0.25) is 0 Å². The predicted molar refractivity (Wildman–Crippen MR) is 82.2 cm³/mol. The highest BCUT2D eigenvalue weighted by Gasteiger charge is 2.18. The molecule has 0 unspecified atom stereocenters. The smallest absolute Gasteiger partial charge is 0.242 e. The van der Waals surface area contributed by atoms with Crippen LogP contribution < -0.4 is 10.0 Å². The molecule has 1 aromatic heterocycles. The number of rotatable bonds is 6. The van der Waals surface area contributed by atoms with Gasteiger partial charge in [-0.1, -0.05) is 11.2 Å². The summed E-state index contributed by atoms with van der Waals surface area (Å²) in [5, 5.41) is 6.73. The van der Waals surface area contributed by atoms with E-state index < -0.39 is 10.0 Å². The summed E-state index contributed by atoms with van der Waals surface area (Å²) in [7, 11) is -1.78. The van der Waals surface area contributed by atoms with Crippen LogP contribution in [0.4, 0.5) is 0 Å². The van der Waals surface area contributed by atoms with Crippen LogP contribution in [0, 0.1) is 6.92 Å². The van der Waals surface area contributed by atoms with E-state index in [2.05, 4.69) is 31.1 Å². The Morgan fingerprint density at radius 2 is 2.05 bits per heavy atom. The molecule has 0 amide bonds. The minimum atomic E-state index is -3.62. The van der Waals surface area contributed by atoms with Crippen molar-refractivity contribution in [1.29, 1.82) is 0 Å². The number of sulfonamides is 1. The molecule has 6 nitrogen and oxygen atoms in total. The fraction of sp³-hybridized carbons (Fsp3) is 0.308. The fourth-order valence-corrected chi connectivity index (χ4v) is 3.94. The Morgan fingerprint density at radius 3 is 2.62 bits per heavy atom. The molecular weight excluding hydrogens is 358 g/mol. The summed E-state index contributed by atoms with van der Waals surface area (Å²) in [6, 6.07) is 6.82. The second-order valence-corrected chi connectivity index (χ2v) is 7.14. The first-order valence-electron chi connectivity index (χ1n) is 6.27. The molecule has 0 radical (unpaired) electrons. The number of benzene rings is 1. The molecule has 0 aliphatic carbocycles. The Hall–Kier alpha value is -1.22. The molecule has 1 heterocycles. The van der Waals surface area contributed by atoms with Crippen molar-refractivity contribution in [3.8, 4) is 0 Å². The lowest BCUT2D eigenvalue weighted by Gasteiger charge is -2.09. The second kappa shape index (κ2) is 6.69. The van der Waals surface area contributed by atoms with Crippen molar-refractivity contribution >= 4 is 26.0 Å². The minimum absolute atomic E-state index is 0.0634. The Morgan fingerprint density at radius 1 is 1.29 bits per heavy atom. The molecule has 0 atom stereocenters. The molecule has 2 N–H and O–H groups in total. The lowest BCUT2D eigenvalue weighted by molar-refractivity contribution is 0.377. The van der Waals surface area contributed by atoms with Crippen LogP contribution in [0.3, 0.4) is 0 Å². The summed E-state index contributed by atoms with van der Waals surface area (Å²) < 4.78 is 32.6. The van der Waals surface area contributed by atoms with Crippen molar-refractivity contribution in [2.75, 3.05) is 7.05 Å². The fourth-order valence-electron chi connectivity index (χ4n) is 1.82. The van der Waals surface area contributed by atoms with Crippen LogP contribution in [0.15, 0.2) is 38.2 Å². The van der Waals surface area contributed by atoms with Gasteiger partial charge in [-0.05, 0) is 47.6 Å². The average molecular weight is 374 g/mol. The first kappa shape index (κ1) is 16.2. The SMILES string of the molecule is CNCc1ccc(S(=O)(=O)NCc2cc(C)no2)c(Br)c1. The maximum atomic E-state index is 12.3. The van der Waals surface area contributed by atoms with Gasteiger partial charge in [0.05, 0.1) is 17.1 Å². The quantitative estimate of drug-likeness (QED) is 0.808. The van der Waals surface area contributed by atoms with Crippen LogP contribution in [-0.4, -0.2) is 20.6 Å². The van der Waals surface area contributed by atoms with Crippen molar-refractivity contribution in [1.82, 2.24) is 15.2 Å². The van der Waals surface area contributed by atoms with E-state index in [1.165, 1.54) is 0 Å². The first-order valence-corrected chi connectivity index (χ1v) is 8.55. The minimum Gasteiger partial charge on any atom is -0.360 e. The van der Waals surface area contributed by atoms with E-state index in [1.54, 1.807) is 31.2 Å². The van der Waals surface area contributed by atoms with Crippen LogP contribution in [0.5, 0.6) is 0 Å². The van der Waals surface area contributed by atoms with Gasteiger partial charge in [0.2, 0.25) is 10.0 Å². The van der Waals surface area contributed by atoms with E-state index in [1.807, 2.05) is 7.05 Å². The van der Waals surface area contributed by atoms with Gasteiger partial charge in [0.25, 0.3) is 0 Å². The molecular formula is C13H16BrN3O3S. The zero-order valence-corrected chi connectivity index (χ0v) is 14.1. The van der Waals surface area contributed by atoms with Gasteiger partial charge < -0.3 is 9.84 Å². The van der Waals surface area contributed by atoms with Crippen molar-refractivity contribution in [2.24, 2.45) is 0 Å². The molecule has 2 rings (SSSR count).